The van der Waals surface area contributed by atoms with E-state index in [9.17, 15) is 12.8 Å². The van der Waals surface area contributed by atoms with Crippen molar-refractivity contribution in [3.05, 3.63) is 65.8 Å². The fourth-order valence-electron chi connectivity index (χ4n) is 3.76. The highest BCUT2D eigenvalue weighted by atomic mass is 32.2. The smallest absolute Gasteiger partial charge is 0.243 e. The molecule has 0 N–H and O–H groups in total. The molecule has 6 nitrogen and oxygen atoms in total. The monoisotopic (exact) mass is 443 g/mol. The van der Waals surface area contributed by atoms with Crippen molar-refractivity contribution in [3.8, 4) is 11.4 Å². The van der Waals surface area contributed by atoms with E-state index in [1.165, 1.54) is 16.4 Å². The molecular weight excluding hydrogens is 417 g/mol. The first kappa shape index (κ1) is 21.6. The van der Waals surface area contributed by atoms with Crippen LogP contribution in [0.3, 0.4) is 0 Å². The lowest BCUT2D eigenvalue weighted by Gasteiger charge is -2.30. The Labute approximate surface area is 182 Å². The standard InChI is InChI=1S/C23H26FN3O3S/c1-23(2,3)18-8-12-20(13-9-18)31(28,29)27-14-4-5-17(15-27)22-25-21(26-30-22)16-6-10-19(24)11-7-16/h6-13,17H,4-5,14-15H2,1-3H3. The van der Waals surface area contributed by atoms with E-state index >= 15 is 0 Å². The van der Waals surface area contributed by atoms with Crippen LogP contribution in [0.5, 0.6) is 0 Å². The maximum Gasteiger partial charge on any atom is 0.243 e. The van der Waals surface area contributed by atoms with Crippen LogP contribution < -0.4 is 0 Å². The molecule has 2 aromatic carbocycles. The molecule has 0 amide bonds. The van der Waals surface area contributed by atoms with Gasteiger partial charge in [-0.15, -0.1) is 0 Å². The van der Waals surface area contributed by atoms with E-state index in [4.69, 9.17) is 4.52 Å². The van der Waals surface area contributed by atoms with Crippen LogP contribution in [0.1, 0.15) is 51.0 Å². The summed E-state index contributed by atoms with van der Waals surface area (Å²) in [5, 5.41) is 3.99. The predicted octanol–water partition coefficient (Wildman–Crippen LogP) is 4.74. The highest BCUT2D eigenvalue weighted by molar-refractivity contribution is 7.89. The van der Waals surface area contributed by atoms with E-state index in [0.29, 0.717) is 35.1 Å². The van der Waals surface area contributed by atoms with E-state index in [0.717, 1.165) is 12.0 Å². The summed E-state index contributed by atoms with van der Waals surface area (Å²) in [7, 11) is -3.61. The van der Waals surface area contributed by atoms with Crippen molar-refractivity contribution >= 4 is 10.0 Å². The molecule has 0 bridgehead atoms. The van der Waals surface area contributed by atoms with Gasteiger partial charge in [0.25, 0.3) is 0 Å². The summed E-state index contributed by atoms with van der Waals surface area (Å²) >= 11 is 0. The number of sulfonamides is 1. The van der Waals surface area contributed by atoms with Crippen LogP contribution in [0.15, 0.2) is 57.9 Å². The van der Waals surface area contributed by atoms with Gasteiger partial charge in [0.15, 0.2) is 0 Å². The van der Waals surface area contributed by atoms with Crippen molar-refractivity contribution in [1.82, 2.24) is 14.4 Å². The molecule has 4 rings (SSSR count). The molecule has 0 aliphatic carbocycles. The van der Waals surface area contributed by atoms with Crippen LogP contribution in [0.2, 0.25) is 0 Å². The molecule has 1 aromatic heterocycles. The number of piperidine rings is 1. The normalized spacial score (nSPS) is 18.3. The zero-order chi connectivity index (χ0) is 22.2. The third-order valence-electron chi connectivity index (χ3n) is 5.64. The van der Waals surface area contributed by atoms with E-state index in [-0.39, 0.29) is 23.7 Å². The number of halogens is 1. The average Bonchev–Trinajstić information content (AvgIpc) is 3.24. The van der Waals surface area contributed by atoms with Crippen molar-refractivity contribution < 1.29 is 17.3 Å². The first-order valence-electron chi connectivity index (χ1n) is 10.3. The van der Waals surface area contributed by atoms with E-state index in [2.05, 4.69) is 30.9 Å². The van der Waals surface area contributed by atoms with Gasteiger partial charge in [0.2, 0.25) is 21.7 Å². The second-order valence-electron chi connectivity index (χ2n) is 8.94. The summed E-state index contributed by atoms with van der Waals surface area (Å²) < 4.78 is 46.5. The lowest BCUT2D eigenvalue weighted by atomic mass is 9.87. The Morgan fingerprint density at radius 2 is 1.74 bits per heavy atom. The van der Waals surface area contributed by atoms with Crippen molar-refractivity contribution in [2.75, 3.05) is 13.1 Å². The molecule has 0 radical (unpaired) electrons. The first-order valence-corrected chi connectivity index (χ1v) is 11.8. The summed E-state index contributed by atoms with van der Waals surface area (Å²) in [6.07, 6.45) is 1.47. The van der Waals surface area contributed by atoms with Gasteiger partial charge >= 0.3 is 0 Å². The topological polar surface area (TPSA) is 76.3 Å². The molecule has 31 heavy (non-hydrogen) atoms. The Kier molecular flexibility index (Phi) is 5.70. The first-order chi connectivity index (χ1) is 14.6. The summed E-state index contributed by atoms with van der Waals surface area (Å²) in [6, 6.07) is 13.0. The lowest BCUT2D eigenvalue weighted by Crippen LogP contribution is -2.39. The fraction of sp³-hybridized carbons (Fsp3) is 0.391. The predicted molar refractivity (Wildman–Crippen MR) is 116 cm³/mol. The van der Waals surface area contributed by atoms with Gasteiger partial charge in [-0.2, -0.15) is 9.29 Å². The SMILES string of the molecule is CC(C)(C)c1ccc(S(=O)(=O)N2CCCC(c3nc(-c4ccc(F)cc4)no3)C2)cc1. The summed E-state index contributed by atoms with van der Waals surface area (Å²) in [6.45, 7) is 7.02. The van der Waals surface area contributed by atoms with Crippen molar-refractivity contribution in [2.45, 2.75) is 49.8 Å². The minimum Gasteiger partial charge on any atom is -0.339 e. The van der Waals surface area contributed by atoms with Crippen molar-refractivity contribution in [2.24, 2.45) is 0 Å². The molecule has 1 saturated heterocycles. The van der Waals surface area contributed by atoms with Crippen LogP contribution in [-0.4, -0.2) is 36.0 Å². The number of nitrogens with zero attached hydrogens (tertiary/aromatic N) is 3. The molecule has 1 atom stereocenters. The molecule has 8 heteroatoms. The second-order valence-corrected chi connectivity index (χ2v) is 10.9. The van der Waals surface area contributed by atoms with Crippen LogP contribution in [0, 0.1) is 5.82 Å². The minimum absolute atomic E-state index is 0.0430. The second kappa shape index (κ2) is 8.16. The lowest BCUT2D eigenvalue weighted by molar-refractivity contribution is 0.265. The van der Waals surface area contributed by atoms with Crippen molar-refractivity contribution in [3.63, 3.8) is 0 Å². The Balaban J connectivity index is 1.52. The third-order valence-corrected chi connectivity index (χ3v) is 7.52. The van der Waals surface area contributed by atoms with Gasteiger partial charge in [-0.05, 0) is 60.2 Å². The van der Waals surface area contributed by atoms with Gasteiger partial charge in [0.05, 0.1) is 10.8 Å². The average molecular weight is 444 g/mol. The zero-order valence-electron chi connectivity index (χ0n) is 17.9. The highest BCUT2D eigenvalue weighted by Gasteiger charge is 2.33. The number of benzene rings is 2. The number of rotatable bonds is 4. The van der Waals surface area contributed by atoms with E-state index < -0.39 is 10.0 Å². The van der Waals surface area contributed by atoms with Crippen LogP contribution in [-0.2, 0) is 15.4 Å². The zero-order valence-corrected chi connectivity index (χ0v) is 18.7. The summed E-state index contributed by atoms with van der Waals surface area (Å²) in [5.74, 6) is 0.255. The molecule has 1 aliphatic rings. The quantitative estimate of drug-likeness (QED) is 0.582. The van der Waals surface area contributed by atoms with Crippen LogP contribution >= 0.6 is 0 Å². The van der Waals surface area contributed by atoms with Gasteiger partial charge in [0, 0.05) is 18.7 Å². The number of hydrogen-bond donors (Lipinski definition) is 0. The minimum atomic E-state index is -3.61. The maximum absolute atomic E-state index is 13.2. The number of hydrogen-bond acceptors (Lipinski definition) is 5. The molecule has 0 saturated carbocycles. The summed E-state index contributed by atoms with van der Waals surface area (Å²) in [4.78, 5) is 4.73. The van der Waals surface area contributed by atoms with Gasteiger partial charge in [-0.1, -0.05) is 38.1 Å². The Morgan fingerprint density at radius 1 is 1.06 bits per heavy atom. The Bertz CT molecular complexity index is 1150. The Morgan fingerprint density at radius 3 is 2.39 bits per heavy atom. The number of aromatic nitrogens is 2. The van der Waals surface area contributed by atoms with Gasteiger partial charge in [0.1, 0.15) is 5.82 Å². The highest BCUT2D eigenvalue weighted by Crippen LogP contribution is 2.31. The van der Waals surface area contributed by atoms with Gasteiger partial charge in [-0.25, -0.2) is 12.8 Å². The molecule has 2 heterocycles. The third kappa shape index (κ3) is 4.55. The van der Waals surface area contributed by atoms with Crippen LogP contribution in [0.4, 0.5) is 4.39 Å². The van der Waals surface area contributed by atoms with Gasteiger partial charge < -0.3 is 4.52 Å². The molecule has 1 fully saturated rings. The molecule has 1 unspecified atom stereocenters. The van der Waals surface area contributed by atoms with Gasteiger partial charge in [-0.3, -0.25) is 0 Å². The Hall–Kier alpha value is -2.58. The molecule has 1 aliphatic heterocycles. The van der Waals surface area contributed by atoms with E-state index in [1.54, 1.807) is 24.3 Å². The van der Waals surface area contributed by atoms with E-state index in [1.807, 2.05) is 12.1 Å². The molecule has 0 spiro atoms. The van der Waals surface area contributed by atoms with Crippen LogP contribution in [0.25, 0.3) is 11.4 Å². The van der Waals surface area contributed by atoms with Crippen molar-refractivity contribution in [1.29, 1.82) is 0 Å². The summed E-state index contributed by atoms with van der Waals surface area (Å²) in [5.41, 5.74) is 1.69. The fourth-order valence-corrected chi connectivity index (χ4v) is 5.28. The largest absolute Gasteiger partial charge is 0.339 e. The molecular formula is C23H26FN3O3S. The molecule has 164 valence electrons. The molecule has 3 aromatic rings. The maximum atomic E-state index is 13.2.